The first-order valence-corrected chi connectivity index (χ1v) is 12.9. The first kappa shape index (κ1) is 24.7. The fourth-order valence-corrected chi connectivity index (χ4v) is 6.05. The fourth-order valence-electron chi connectivity index (χ4n) is 4.74. The van der Waals surface area contributed by atoms with E-state index in [0.717, 1.165) is 36.4 Å². The van der Waals surface area contributed by atoms with E-state index >= 15 is 0 Å². The molecule has 2 aromatic rings. The number of rotatable bonds is 5. The van der Waals surface area contributed by atoms with Crippen LogP contribution in [-0.4, -0.2) is 44.9 Å². The van der Waals surface area contributed by atoms with Crippen molar-refractivity contribution in [2.45, 2.75) is 48.8 Å². The summed E-state index contributed by atoms with van der Waals surface area (Å²) in [6, 6.07) is 13.0. The number of alkyl halides is 3. The maximum absolute atomic E-state index is 13.3. The van der Waals surface area contributed by atoms with Crippen molar-refractivity contribution in [3.63, 3.8) is 0 Å². The molecule has 2 fully saturated rings. The molecular weight excluding hydrogens is 467 g/mol. The molecule has 4 rings (SSSR count). The van der Waals surface area contributed by atoms with Gasteiger partial charge in [-0.25, -0.2) is 13.1 Å². The molecule has 2 aromatic carbocycles. The van der Waals surface area contributed by atoms with Crippen LogP contribution in [0.3, 0.4) is 0 Å². The van der Waals surface area contributed by atoms with Crippen molar-refractivity contribution in [1.29, 1.82) is 0 Å². The molecule has 0 aromatic heterocycles. The van der Waals surface area contributed by atoms with Crippen LogP contribution in [-0.2, 0) is 21.0 Å². The topological polar surface area (TPSA) is 78.5 Å². The van der Waals surface area contributed by atoms with Gasteiger partial charge in [0.2, 0.25) is 15.9 Å². The van der Waals surface area contributed by atoms with Gasteiger partial charge >= 0.3 is 6.18 Å². The summed E-state index contributed by atoms with van der Waals surface area (Å²) in [5.74, 6) is -0.0736. The molecule has 1 aliphatic heterocycles. The van der Waals surface area contributed by atoms with Crippen molar-refractivity contribution < 1.29 is 26.4 Å². The number of hydrogen-bond donors (Lipinski definition) is 2. The van der Waals surface area contributed by atoms with E-state index < -0.39 is 21.8 Å². The Morgan fingerprint density at radius 3 is 2.24 bits per heavy atom. The third-order valence-electron chi connectivity index (χ3n) is 6.60. The van der Waals surface area contributed by atoms with Crippen molar-refractivity contribution in [2.75, 3.05) is 19.6 Å². The zero-order valence-electron chi connectivity index (χ0n) is 18.6. The summed E-state index contributed by atoms with van der Waals surface area (Å²) in [4.78, 5) is 15.1. The molecule has 1 atom stereocenters. The molecule has 1 heterocycles. The van der Waals surface area contributed by atoms with Crippen LogP contribution in [0.25, 0.3) is 0 Å². The van der Waals surface area contributed by atoms with Gasteiger partial charge < -0.3 is 10.2 Å². The van der Waals surface area contributed by atoms with Gasteiger partial charge in [0.05, 0.1) is 16.5 Å². The van der Waals surface area contributed by atoms with Gasteiger partial charge in [0, 0.05) is 31.6 Å². The van der Waals surface area contributed by atoms with E-state index in [-0.39, 0.29) is 28.8 Å². The van der Waals surface area contributed by atoms with E-state index in [0.29, 0.717) is 38.8 Å². The molecule has 1 saturated carbocycles. The van der Waals surface area contributed by atoms with Crippen LogP contribution in [0.5, 0.6) is 0 Å². The van der Waals surface area contributed by atoms with E-state index in [9.17, 15) is 26.4 Å². The molecule has 1 aliphatic carbocycles. The number of carbonyl (C=O) groups excluding carboxylic acids is 1. The van der Waals surface area contributed by atoms with Crippen LogP contribution < -0.4 is 10.0 Å². The standard InChI is InChI=1S/C24H28F3N3O3S/c25-24(26,27)19-8-12-21(13-9-19)34(32,33)29-20-10-6-18(7-11-20)23(31)30-15-14-28-16-22(30)17-4-2-1-3-5-17/h1-5,8-9,12-13,18,20,22,28-29H,6-7,10-11,14-16H2/t18?,20?,22-/m1/s1. The van der Waals surface area contributed by atoms with Crippen LogP contribution >= 0.6 is 0 Å². The lowest BCUT2D eigenvalue weighted by atomic mass is 9.85. The number of halogens is 3. The Morgan fingerprint density at radius 2 is 1.62 bits per heavy atom. The first-order valence-electron chi connectivity index (χ1n) is 11.4. The Kier molecular flexibility index (Phi) is 7.30. The molecule has 0 bridgehead atoms. The molecule has 10 heteroatoms. The summed E-state index contributed by atoms with van der Waals surface area (Å²) < 4.78 is 66.1. The average molecular weight is 496 g/mol. The normalized spacial score (nSPS) is 24.1. The van der Waals surface area contributed by atoms with Crippen LogP contribution in [0.1, 0.15) is 42.9 Å². The first-order chi connectivity index (χ1) is 16.1. The monoisotopic (exact) mass is 495 g/mol. The summed E-state index contributed by atoms with van der Waals surface area (Å²) >= 11 is 0. The second-order valence-electron chi connectivity index (χ2n) is 8.85. The number of piperazine rings is 1. The summed E-state index contributed by atoms with van der Waals surface area (Å²) in [6.45, 7) is 2.05. The highest BCUT2D eigenvalue weighted by atomic mass is 32.2. The number of sulfonamides is 1. The van der Waals surface area contributed by atoms with E-state index in [1.807, 2.05) is 35.2 Å². The highest BCUT2D eigenvalue weighted by Crippen LogP contribution is 2.32. The number of nitrogens with one attached hydrogen (secondary N) is 2. The Morgan fingerprint density at radius 1 is 0.971 bits per heavy atom. The molecule has 0 spiro atoms. The number of benzene rings is 2. The predicted molar refractivity (Wildman–Crippen MR) is 121 cm³/mol. The van der Waals surface area contributed by atoms with Gasteiger partial charge in [-0.2, -0.15) is 13.2 Å². The Labute approximate surface area is 197 Å². The lowest BCUT2D eigenvalue weighted by Crippen LogP contribution is -2.51. The van der Waals surface area contributed by atoms with Crippen LogP contribution in [0.2, 0.25) is 0 Å². The highest BCUT2D eigenvalue weighted by molar-refractivity contribution is 7.89. The van der Waals surface area contributed by atoms with Gasteiger partial charge in [-0.1, -0.05) is 30.3 Å². The lowest BCUT2D eigenvalue weighted by Gasteiger charge is -2.40. The van der Waals surface area contributed by atoms with Gasteiger partial charge in [-0.15, -0.1) is 0 Å². The maximum Gasteiger partial charge on any atom is 0.416 e. The molecule has 1 saturated heterocycles. The zero-order chi connectivity index (χ0) is 24.3. The van der Waals surface area contributed by atoms with Crippen LogP contribution in [0.4, 0.5) is 13.2 Å². The van der Waals surface area contributed by atoms with Crippen molar-refractivity contribution in [1.82, 2.24) is 14.9 Å². The summed E-state index contributed by atoms with van der Waals surface area (Å²) in [7, 11) is -3.95. The van der Waals surface area contributed by atoms with Gasteiger partial charge in [0.1, 0.15) is 0 Å². The number of carbonyl (C=O) groups is 1. The van der Waals surface area contributed by atoms with E-state index in [1.54, 1.807) is 0 Å². The summed E-state index contributed by atoms with van der Waals surface area (Å²) in [5.41, 5.74) is 0.188. The molecule has 2 N–H and O–H groups in total. The molecular formula is C24H28F3N3O3S. The smallest absolute Gasteiger partial charge is 0.333 e. The number of hydrogen-bond acceptors (Lipinski definition) is 4. The Balaban J connectivity index is 1.36. The molecule has 34 heavy (non-hydrogen) atoms. The minimum atomic E-state index is -4.52. The zero-order valence-corrected chi connectivity index (χ0v) is 19.4. The summed E-state index contributed by atoms with van der Waals surface area (Å²) in [5, 5.41) is 3.35. The molecule has 0 unspecified atom stereocenters. The van der Waals surface area contributed by atoms with E-state index in [4.69, 9.17) is 0 Å². The molecule has 6 nitrogen and oxygen atoms in total. The average Bonchev–Trinajstić information content (AvgIpc) is 2.84. The third-order valence-corrected chi connectivity index (χ3v) is 8.14. The second kappa shape index (κ2) is 10.1. The predicted octanol–water partition coefficient (Wildman–Crippen LogP) is 3.72. The lowest BCUT2D eigenvalue weighted by molar-refractivity contribution is -0.140. The van der Waals surface area contributed by atoms with E-state index in [2.05, 4.69) is 10.0 Å². The van der Waals surface area contributed by atoms with Crippen molar-refractivity contribution in [3.05, 3.63) is 65.7 Å². The number of amides is 1. The molecule has 0 radical (unpaired) electrons. The highest BCUT2D eigenvalue weighted by Gasteiger charge is 2.36. The van der Waals surface area contributed by atoms with E-state index in [1.165, 1.54) is 0 Å². The fraction of sp³-hybridized carbons (Fsp3) is 0.458. The largest absolute Gasteiger partial charge is 0.416 e. The summed E-state index contributed by atoms with van der Waals surface area (Å²) in [6.07, 6.45) is -2.41. The SMILES string of the molecule is O=C(C1CCC(NS(=O)(=O)c2ccc(C(F)(F)F)cc2)CC1)N1CCNC[C@@H]1c1ccccc1. The molecule has 184 valence electrons. The van der Waals surface area contributed by atoms with Crippen LogP contribution in [0, 0.1) is 5.92 Å². The molecule has 2 aliphatic rings. The second-order valence-corrected chi connectivity index (χ2v) is 10.6. The van der Waals surface area contributed by atoms with Crippen LogP contribution in [0.15, 0.2) is 59.5 Å². The van der Waals surface area contributed by atoms with Crippen molar-refractivity contribution in [3.8, 4) is 0 Å². The minimum absolute atomic E-state index is 0.0293. The van der Waals surface area contributed by atoms with Crippen molar-refractivity contribution >= 4 is 15.9 Å². The third kappa shape index (κ3) is 5.61. The maximum atomic E-state index is 13.3. The Hall–Kier alpha value is -2.43. The van der Waals surface area contributed by atoms with Gasteiger partial charge in [0.15, 0.2) is 0 Å². The number of nitrogens with zero attached hydrogens (tertiary/aromatic N) is 1. The van der Waals surface area contributed by atoms with Crippen molar-refractivity contribution in [2.24, 2.45) is 5.92 Å². The quantitative estimate of drug-likeness (QED) is 0.663. The van der Waals surface area contributed by atoms with Gasteiger partial charge in [-0.3, -0.25) is 4.79 Å². The Bertz CT molecular complexity index is 1080. The molecule has 1 amide bonds. The van der Waals surface area contributed by atoms with Gasteiger partial charge in [-0.05, 0) is 55.5 Å². The minimum Gasteiger partial charge on any atom is -0.333 e. The van der Waals surface area contributed by atoms with Gasteiger partial charge in [0.25, 0.3) is 0 Å².